The molecule has 1 aromatic rings. The Bertz CT molecular complexity index is 511. The summed E-state index contributed by atoms with van der Waals surface area (Å²) in [6.07, 6.45) is 1.63. The first-order valence-corrected chi connectivity index (χ1v) is 6.05. The van der Waals surface area contributed by atoms with E-state index < -0.39 is 22.2 Å². The largest absolute Gasteiger partial charge is 0.481 e. The number of methoxy groups -OCH3 is 1. The van der Waals surface area contributed by atoms with Crippen molar-refractivity contribution in [3.05, 3.63) is 11.8 Å². The number of hydrogen-bond acceptors (Lipinski definition) is 6. The van der Waals surface area contributed by atoms with Gasteiger partial charge in [0.05, 0.1) is 13.5 Å². The number of carbonyl (C=O) groups is 1. The Morgan fingerprint density at radius 3 is 2.62 bits per heavy atom. The topological polar surface area (TPSA) is 106 Å². The van der Waals surface area contributed by atoms with Gasteiger partial charge in [0.15, 0.2) is 14.9 Å². The molecule has 0 unspecified atom stereocenters. The smallest absolute Gasteiger partial charge is 0.317 e. The van der Waals surface area contributed by atoms with Gasteiger partial charge in [0, 0.05) is 18.0 Å². The number of hydrogen-bond donors (Lipinski definition) is 1. The molecular formula is C8H10N2O5S. The Hall–Kier alpha value is -1.70. The highest BCUT2D eigenvalue weighted by atomic mass is 32.2. The van der Waals surface area contributed by atoms with Gasteiger partial charge in [-0.05, 0) is 0 Å². The summed E-state index contributed by atoms with van der Waals surface area (Å²) in [6.45, 7) is 0. The van der Waals surface area contributed by atoms with E-state index >= 15 is 0 Å². The third-order valence-corrected chi connectivity index (χ3v) is 2.73. The lowest BCUT2D eigenvalue weighted by atomic mass is 10.2. The third kappa shape index (κ3) is 2.89. The van der Waals surface area contributed by atoms with Crippen LogP contribution in [0.3, 0.4) is 0 Å². The van der Waals surface area contributed by atoms with Crippen molar-refractivity contribution in [1.82, 2.24) is 9.97 Å². The standard InChI is InChI=1S/C8H10N2O5S/c1-15-8-9-4-5(3-6(11)12)7(10-8)16(2,13)14/h4H,3H2,1-2H3,(H,11,12). The first-order chi connectivity index (χ1) is 7.34. The summed E-state index contributed by atoms with van der Waals surface area (Å²) in [5, 5.41) is 8.28. The lowest BCUT2D eigenvalue weighted by Crippen LogP contribution is -2.11. The van der Waals surface area contributed by atoms with Gasteiger partial charge in [0.1, 0.15) is 0 Å². The molecule has 0 fully saturated rings. The van der Waals surface area contributed by atoms with Crippen molar-refractivity contribution in [2.75, 3.05) is 13.4 Å². The lowest BCUT2D eigenvalue weighted by molar-refractivity contribution is -0.136. The van der Waals surface area contributed by atoms with Gasteiger partial charge >= 0.3 is 12.0 Å². The van der Waals surface area contributed by atoms with Gasteiger partial charge in [-0.2, -0.15) is 4.98 Å². The summed E-state index contributed by atoms with van der Waals surface area (Å²) >= 11 is 0. The molecule has 0 aliphatic heterocycles. The van der Waals surface area contributed by atoms with Crippen molar-refractivity contribution in [2.24, 2.45) is 0 Å². The molecule has 1 aromatic heterocycles. The minimum absolute atomic E-state index is 0.0378. The van der Waals surface area contributed by atoms with Gasteiger partial charge in [-0.3, -0.25) is 4.79 Å². The number of carboxylic acids is 1. The van der Waals surface area contributed by atoms with Gasteiger partial charge in [-0.25, -0.2) is 13.4 Å². The van der Waals surface area contributed by atoms with Crippen LogP contribution in [0, 0.1) is 0 Å². The Labute approximate surface area is 92.0 Å². The summed E-state index contributed by atoms with van der Waals surface area (Å²) in [6, 6.07) is -0.116. The monoisotopic (exact) mass is 246 g/mol. The highest BCUT2D eigenvalue weighted by Crippen LogP contribution is 2.15. The van der Waals surface area contributed by atoms with Crippen LogP contribution in [-0.2, 0) is 21.1 Å². The lowest BCUT2D eigenvalue weighted by Gasteiger charge is -2.05. The van der Waals surface area contributed by atoms with Crippen molar-refractivity contribution in [1.29, 1.82) is 0 Å². The number of ether oxygens (including phenoxy) is 1. The first-order valence-electron chi connectivity index (χ1n) is 4.16. The molecule has 7 nitrogen and oxygen atoms in total. The van der Waals surface area contributed by atoms with Crippen molar-refractivity contribution in [3.63, 3.8) is 0 Å². The molecule has 0 saturated heterocycles. The Morgan fingerprint density at radius 1 is 1.56 bits per heavy atom. The zero-order chi connectivity index (χ0) is 12.3. The second-order valence-corrected chi connectivity index (χ2v) is 4.96. The number of aliphatic carboxylic acids is 1. The molecule has 0 bridgehead atoms. The van der Waals surface area contributed by atoms with Crippen LogP contribution in [0.4, 0.5) is 0 Å². The Balaban J connectivity index is 3.33. The van der Waals surface area contributed by atoms with Crippen LogP contribution in [-0.4, -0.2) is 42.8 Å². The minimum atomic E-state index is -3.61. The molecule has 0 saturated carbocycles. The molecule has 16 heavy (non-hydrogen) atoms. The first kappa shape index (κ1) is 12.4. The van der Waals surface area contributed by atoms with Crippen LogP contribution in [0.5, 0.6) is 6.01 Å². The highest BCUT2D eigenvalue weighted by molar-refractivity contribution is 7.90. The average Bonchev–Trinajstić information content (AvgIpc) is 2.15. The molecule has 0 aliphatic carbocycles. The average molecular weight is 246 g/mol. The maximum absolute atomic E-state index is 11.4. The predicted molar refractivity (Wildman–Crippen MR) is 53.0 cm³/mol. The van der Waals surface area contributed by atoms with Crippen LogP contribution in [0.25, 0.3) is 0 Å². The SMILES string of the molecule is COc1ncc(CC(=O)O)c(S(C)(=O)=O)n1. The Morgan fingerprint density at radius 2 is 2.19 bits per heavy atom. The van der Waals surface area contributed by atoms with E-state index in [1.54, 1.807) is 0 Å². The van der Waals surface area contributed by atoms with Gasteiger partial charge in [-0.15, -0.1) is 0 Å². The van der Waals surface area contributed by atoms with Crippen LogP contribution in [0.15, 0.2) is 11.2 Å². The second-order valence-electron chi connectivity index (χ2n) is 3.03. The minimum Gasteiger partial charge on any atom is -0.481 e. The summed E-state index contributed by atoms with van der Waals surface area (Å²) in [7, 11) is -2.32. The molecule has 0 aliphatic rings. The predicted octanol–water partition coefficient (Wildman–Crippen LogP) is -0.484. The summed E-state index contributed by atoms with van der Waals surface area (Å²) in [5.74, 6) is -1.15. The number of rotatable bonds is 4. The summed E-state index contributed by atoms with van der Waals surface area (Å²) in [4.78, 5) is 17.8. The van der Waals surface area contributed by atoms with Crippen molar-refractivity contribution in [3.8, 4) is 6.01 Å². The molecular weight excluding hydrogens is 236 g/mol. The second kappa shape index (κ2) is 4.44. The number of nitrogens with zero attached hydrogens (tertiary/aromatic N) is 2. The summed E-state index contributed by atoms with van der Waals surface area (Å²) in [5.41, 5.74) is 0.0378. The van der Waals surface area contributed by atoms with E-state index in [9.17, 15) is 13.2 Å². The summed E-state index contributed by atoms with van der Waals surface area (Å²) < 4.78 is 27.4. The highest BCUT2D eigenvalue weighted by Gasteiger charge is 2.19. The molecule has 1 N–H and O–H groups in total. The van der Waals surface area contributed by atoms with Gasteiger partial charge in [0.2, 0.25) is 0 Å². The maximum atomic E-state index is 11.4. The molecule has 0 atom stereocenters. The number of carboxylic acid groups (broad SMARTS) is 1. The molecule has 0 spiro atoms. The quantitative estimate of drug-likeness (QED) is 0.714. The molecule has 0 radical (unpaired) electrons. The van der Waals surface area contributed by atoms with E-state index in [0.717, 1.165) is 12.5 Å². The normalized spacial score (nSPS) is 11.1. The molecule has 88 valence electrons. The van der Waals surface area contributed by atoms with Crippen LogP contribution in [0.2, 0.25) is 0 Å². The fraction of sp³-hybridized carbons (Fsp3) is 0.375. The van der Waals surface area contributed by atoms with Gasteiger partial charge < -0.3 is 9.84 Å². The maximum Gasteiger partial charge on any atom is 0.317 e. The van der Waals surface area contributed by atoms with Gasteiger partial charge in [-0.1, -0.05) is 0 Å². The van der Waals surface area contributed by atoms with Gasteiger partial charge in [0.25, 0.3) is 0 Å². The van der Waals surface area contributed by atoms with E-state index in [0.29, 0.717) is 0 Å². The fourth-order valence-corrected chi connectivity index (χ4v) is 1.92. The Kier molecular flexibility index (Phi) is 3.43. The van der Waals surface area contributed by atoms with E-state index in [1.807, 2.05) is 0 Å². The fourth-order valence-electron chi connectivity index (χ4n) is 1.08. The van der Waals surface area contributed by atoms with Crippen LogP contribution >= 0.6 is 0 Å². The molecule has 8 heteroatoms. The van der Waals surface area contributed by atoms with Crippen molar-refractivity contribution >= 4 is 15.8 Å². The van der Waals surface area contributed by atoms with Crippen molar-refractivity contribution < 1.29 is 23.1 Å². The molecule has 1 heterocycles. The zero-order valence-corrected chi connectivity index (χ0v) is 9.48. The van der Waals surface area contributed by atoms with Crippen molar-refractivity contribution in [2.45, 2.75) is 11.4 Å². The number of sulfone groups is 1. The van der Waals surface area contributed by atoms with Crippen LogP contribution in [0.1, 0.15) is 5.56 Å². The van der Waals surface area contributed by atoms with E-state index in [2.05, 4.69) is 14.7 Å². The molecule has 1 rings (SSSR count). The third-order valence-electron chi connectivity index (χ3n) is 1.68. The van der Waals surface area contributed by atoms with Crippen LogP contribution < -0.4 is 4.74 Å². The molecule has 0 amide bonds. The number of aromatic nitrogens is 2. The molecule has 0 aromatic carbocycles. The van der Waals surface area contributed by atoms with E-state index in [4.69, 9.17) is 5.11 Å². The zero-order valence-electron chi connectivity index (χ0n) is 8.67. The van der Waals surface area contributed by atoms with E-state index in [1.165, 1.54) is 7.11 Å². The van der Waals surface area contributed by atoms with E-state index in [-0.39, 0.29) is 16.6 Å².